The van der Waals surface area contributed by atoms with E-state index in [4.69, 9.17) is 11.6 Å². The highest BCUT2D eigenvalue weighted by Gasteiger charge is 2.27. The molecule has 7 nitrogen and oxygen atoms in total. The number of likely N-dealkylation sites (tertiary alicyclic amines) is 1. The summed E-state index contributed by atoms with van der Waals surface area (Å²) in [5, 5.41) is 10.7. The van der Waals surface area contributed by atoms with Gasteiger partial charge in [-0.3, -0.25) is 9.48 Å². The molecule has 30 heavy (non-hydrogen) atoms. The zero-order chi connectivity index (χ0) is 20.7. The molecule has 1 fully saturated rings. The summed E-state index contributed by atoms with van der Waals surface area (Å²) >= 11 is 7.52. The van der Waals surface area contributed by atoms with Crippen molar-refractivity contribution in [3.63, 3.8) is 0 Å². The monoisotopic (exact) mass is 440 g/mol. The molecule has 0 aliphatic carbocycles. The van der Waals surface area contributed by atoms with Gasteiger partial charge in [0.2, 0.25) is 0 Å². The highest BCUT2D eigenvalue weighted by atomic mass is 35.5. The number of nitrogens with zero attached hydrogens (tertiary/aromatic N) is 6. The van der Waals surface area contributed by atoms with E-state index in [1.165, 1.54) is 11.3 Å². The molecule has 0 bridgehead atoms. The molecule has 0 saturated carbocycles. The molecule has 9 heteroatoms. The molecule has 1 aliphatic rings. The van der Waals surface area contributed by atoms with Crippen LogP contribution in [0.2, 0.25) is 5.02 Å². The van der Waals surface area contributed by atoms with Crippen LogP contribution in [0.15, 0.2) is 43.0 Å². The average Bonchev–Trinajstić information content (AvgIpc) is 3.49. The molecule has 154 valence electrons. The van der Waals surface area contributed by atoms with Gasteiger partial charge in [-0.15, -0.1) is 11.3 Å². The first kappa shape index (κ1) is 19.3. The SMILES string of the molecule is Cc1nn(Cc2ccc(Cl)cc2)c2sc(C(=O)N3CCC(n4cncn4)CC3)cc12. The van der Waals surface area contributed by atoms with Crippen LogP contribution in [0.3, 0.4) is 0 Å². The summed E-state index contributed by atoms with van der Waals surface area (Å²) in [6.07, 6.45) is 5.10. The summed E-state index contributed by atoms with van der Waals surface area (Å²) in [5.41, 5.74) is 2.07. The molecule has 0 atom stereocenters. The second-order valence-corrected chi connectivity index (χ2v) is 9.06. The molecule has 4 aromatic rings. The number of aryl methyl sites for hydroxylation is 1. The number of halogens is 1. The van der Waals surface area contributed by atoms with E-state index in [0.29, 0.717) is 12.6 Å². The number of hydrogen-bond acceptors (Lipinski definition) is 5. The first-order chi connectivity index (χ1) is 14.6. The van der Waals surface area contributed by atoms with E-state index >= 15 is 0 Å². The molecule has 1 aliphatic heterocycles. The van der Waals surface area contributed by atoms with Crippen LogP contribution in [0.4, 0.5) is 0 Å². The van der Waals surface area contributed by atoms with Crippen LogP contribution < -0.4 is 0 Å². The standard InChI is InChI=1S/C21H21ClN6OS/c1-14-18-10-19(20(29)26-8-6-17(7-9-26)28-13-23-12-24-28)30-21(18)27(25-14)11-15-2-4-16(22)5-3-15/h2-5,10,12-13,17H,6-9,11H2,1H3. The maximum Gasteiger partial charge on any atom is 0.264 e. The number of carbonyl (C=O) groups excluding carboxylic acids is 1. The second kappa shape index (κ2) is 7.85. The zero-order valence-corrected chi connectivity index (χ0v) is 18.1. The third-order valence-electron chi connectivity index (χ3n) is 5.63. The molecule has 0 spiro atoms. The van der Waals surface area contributed by atoms with Gasteiger partial charge in [-0.1, -0.05) is 23.7 Å². The van der Waals surface area contributed by atoms with E-state index < -0.39 is 0 Å². The van der Waals surface area contributed by atoms with Gasteiger partial charge >= 0.3 is 0 Å². The van der Waals surface area contributed by atoms with E-state index in [1.54, 1.807) is 12.7 Å². The van der Waals surface area contributed by atoms with E-state index in [-0.39, 0.29) is 5.91 Å². The molecule has 3 aromatic heterocycles. The van der Waals surface area contributed by atoms with Crippen LogP contribution in [-0.4, -0.2) is 48.4 Å². The van der Waals surface area contributed by atoms with Crippen LogP contribution in [0.1, 0.15) is 39.8 Å². The summed E-state index contributed by atoms with van der Waals surface area (Å²) in [6, 6.07) is 10.1. The van der Waals surface area contributed by atoms with Gasteiger partial charge < -0.3 is 4.90 Å². The van der Waals surface area contributed by atoms with Gasteiger partial charge in [0.25, 0.3) is 5.91 Å². The van der Waals surface area contributed by atoms with Crippen molar-refractivity contribution in [1.82, 2.24) is 29.4 Å². The summed E-state index contributed by atoms with van der Waals surface area (Å²) in [6.45, 7) is 4.10. The number of amides is 1. The Morgan fingerprint density at radius 2 is 2.00 bits per heavy atom. The topological polar surface area (TPSA) is 68.8 Å². The van der Waals surface area contributed by atoms with Crippen molar-refractivity contribution in [3.8, 4) is 0 Å². The Bertz CT molecular complexity index is 1170. The molecule has 1 amide bonds. The number of aromatic nitrogens is 5. The maximum atomic E-state index is 13.1. The van der Waals surface area contributed by atoms with Crippen LogP contribution in [0.5, 0.6) is 0 Å². The minimum Gasteiger partial charge on any atom is -0.338 e. The van der Waals surface area contributed by atoms with Gasteiger partial charge in [0, 0.05) is 23.5 Å². The minimum absolute atomic E-state index is 0.102. The fourth-order valence-corrected chi connectivity index (χ4v) is 5.24. The number of hydrogen-bond donors (Lipinski definition) is 0. The van der Waals surface area contributed by atoms with Crippen molar-refractivity contribution in [3.05, 3.63) is 64.1 Å². The minimum atomic E-state index is 0.102. The Morgan fingerprint density at radius 3 is 2.70 bits per heavy atom. The van der Waals surface area contributed by atoms with Crippen molar-refractivity contribution in [1.29, 1.82) is 0 Å². The lowest BCUT2D eigenvalue weighted by atomic mass is 10.1. The Hall–Kier alpha value is -2.71. The molecule has 0 N–H and O–H groups in total. The lowest BCUT2D eigenvalue weighted by Crippen LogP contribution is -2.38. The maximum absolute atomic E-state index is 13.1. The first-order valence-corrected chi connectivity index (χ1v) is 11.1. The van der Waals surface area contributed by atoms with Crippen molar-refractivity contribution in [2.24, 2.45) is 0 Å². The van der Waals surface area contributed by atoms with Crippen molar-refractivity contribution in [2.75, 3.05) is 13.1 Å². The lowest BCUT2D eigenvalue weighted by Gasteiger charge is -2.31. The predicted octanol–water partition coefficient (Wildman–Crippen LogP) is 4.18. The summed E-state index contributed by atoms with van der Waals surface area (Å²) in [7, 11) is 0. The van der Waals surface area contributed by atoms with Gasteiger partial charge in [-0.2, -0.15) is 10.2 Å². The highest BCUT2D eigenvalue weighted by molar-refractivity contribution is 7.20. The smallest absolute Gasteiger partial charge is 0.264 e. The predicted molar refractivity (Wildman–Crippen MR) is 117 cm³/mol. The number of fused-ring (bicyclic) bond motifs is 1. The third kappa shape index (κ3) is 3.61. The van der Waals surface area contributed by atoms with Crippen LogP contribution in [0, 0.1) is 6.92 Å². The fraction of sp³-hybridized carbons (Fsp3) is 0.333. The van der Waals surface area contributed by atoms with Gasteiger partial charge in [-0.05, 0) is 43.5 Å². The number of benzene rings is 1. The molecule has 0 radical (unpaired) electrons. The number of carbonyl (C=O) groups is 1. The summed E-state index contributed by atoms with van der Waals surface area (Å²) < 4.78 is 3.88. The van der Waals surface area contributed by atoms with Gasteiger partial charge in [-0.25, -0.2) is 9.67 Å². The van der Waals surface area contributed by atoms with Gasteiger partial charge in [0.05, 0.1) is 23.2 Å². The molecule has 5 rings (SSSR count). The van der Waals surface area contributed by atoms with Crippen molar-refractivity contribution < 1.29 is 4.79 Å². The van der Waals surface area contributed by atoms with E-state index in [9.17, 15) is 4.79 Å². The Balaban J connectivity index is 1.33. The molecule has 1 saturated heterocycles. The molecule has 1 aromatic carbocycles. The van der Waals surface area contributed by atoms with Crippen LogP contribution in [0.25, 0.3) is 10.2 Å². The van der Waals surface area contributed by atoms with E-state index in [2.05, 4.69) is 15.2 Å². The second-order valence-electron chi connectivity index (χ2n) is 7.60. The van der Waals surface area contributed by atoms with Crippen LogP contribution in [-0.2, 0) is 6.54 Å². The van der Waals surface area contributed by atoms with Crippen molar-refractivity contribution in [2.45, 2.75) is 32.4 Å². The first-order valence-electron chi connectivity index (χ1n) is 9.93. The zero-order valence-electron chi connectivity index (χ0n) is 16.5. The van der Waals surface area contributed by atoms with Gasteiger partial charge in [0.15, 0.2) is 0 Å². The largest absolute Gasteiger partial charge is 0.338 e. The normalized spacial score (nSPS) is 15.2. The average molecular weight is 441 g/mol. The number of rotatable bonds is 4. The summed E-state index contributed by atoms with van der Waals surface area (Å²) in [4.78, 5) is 20.9. The quantitative estimate of drug-likeness (QED) is 0.477. The Morgan fingerprint density at radius 1 is 1.23 bits per heavy atom. The fourth-order valence-electron chi connectivity index (χ4n) is 3.98. The lowest BCUT2D eigenvalue weighted by molar-refractivity contribution is 0.0695. The van der Waals surface area contributed by atoms with E-state index in [1.807, 2.05) is 51.5 Å². The van der Waals surface area contributed by atoms with Crippen molar-refractivity contribution >= 4 is 39.1 Å². The van der Waals surface area contributed by atoms with Crippen LogP contribution >= 0.6 is 22.9 Å². The number of piperidine rings is 1. The summed E-state index contributed by atoms with van der Waals surface area (Å²) in [5.74, 6) is 0.102. The highest BCUT2D eigenvalue weighted by Crippen LogP contribution is 2.31. The van der Waals surface area contributed by atoms with E-state index in [0.717, 1.165) is 57.3 Å². The Kier molecular flexibility index (Phi) is 5.04. The Labute approximate surface area is 182 Å². The molecule has 4 heterocycles. The molecular weight excluding hydrogens is 420 g/mol. The number of thiophene rings is 1. The third-order valence-corrected chi connectivity index (χ3v) is 7.01. The molecular formula is C21H21ClN6OS. The van der Waals surface area contributed by atoms with Gasteiger partial charge in [0.1, 0.15) is 17.5 Å². The molecule has 0 unspecified atom stereocenters.